The molecule has 9 heteroatoms. The lowest BCUT2D eigenvalue weighted by Gasteiger charge is -2.49. The van der Waals surface area contributed by atoms with Gasteiger partial charge in [-0.3, -0.25) is 19.8 Å². The number of pyridine rings is 2. The molecule has 2 aliphatic heterocycles. The average Bonchev–Trinajstić information content (AvgIpc) is 3.18. The minimum Gasteiger partial charge on any atom is -0.367 e. The fraction of sp³-hybridized carbons (Fsp3) is 0.500. The number of amides is 1. The summed E-state index contributed by atoms with van der Waals surface area (Å²) in [6.07, 6.45) is 7.35. The van der Waals surface area contributed by atoms with E-state index in [0.29, 0.717) is 30.5 Å². The summed E-state index contributed by atoms with van der Waals surface area (Å²) < 4.78 is 0. The molecule has 5 rings (SSSR count). The first kappa shape index (κ1) is 21.6. The average molecular weight is 449 g/mol. The number of carbonyl (C=O) groups excluding carboxylic acids is 1. The van der Waals surface area contributed by atoms with E-state index in [4.69, 9.17) is 4.98 Å². The highest BCUT2D eigenvalue weighted by molar-refractivity contribution is 5.91. The van der Waals surface area contributed by atoms with Gasteiger partial charge in [0.15, 0.2) is 5.82 Å². The number of aromatic amines is 1. The number of anilines is 3. The number of rotatable bonds is 6. The Balaban J connectivity index is 1.37. The number of hydrogen-bond acceptors (Lipinski definition) is 7. The molecular weight excluding hydrogens is 416 g/mol. The first-order valence-corrected chi connectivity index (χ1v) is 11.7. The molecule has 9 nitrogen and oxygen atoms in total. The molecule has 0 aliphatic carbocycles. The predicted octanol–water partition coefficient (Wildman–Crippen LogP) is 3.29. The Morgan fingerprint density at radius 1 is 1.21 bits per heavy atom. The highest BCUT2D eigenvalue weighted by atomic mass is 16.2. The number of aromatic nitrogens is 4. The summed E-state index contributed by atoms with van der Waals surface area (Å²) >= 11 is 0. The van der Waals surface area contributed by atoms with Crippen LogP contribution in [0.25, 0.3) is 10.9 Å². The number of piperidine rings is 2. The molecule has 5 heterocycles. The lowest BCUT2D eigenvalue weighted by Crippen LogP contribution is -2.57. The molecule has 2 bridgehead atoms. The van der Waals surface area contributed by atoms with Crippen LogP contribution in [-0.4, -0.2) is 74.6 Å². The van der Waals surface area contributed by atoms with E-state index < -0.39 is 0 Å². The molecule has 0 radical (unpaired) electrons. The van der Waals surface area contributed by atoms with Crippen LogP contribution in [0.15, 0.2) is 30.5 Å². The van der Waals surface area contributed by atoms with Crippen molar-refractivity contribution in [2.24, 2.45) is 0 Å². The van der Waals surface area contributed by atoms with Gasteiger partial charge in [0.05, 0.1) is 12.1 Å². The molecule has 1 unspecified atom stereocenters. The van der Waals surface area contributed by atoms with Crippen LogP contribution in [0.3, 0.4) is 0 Å². The molecule has 2 saturated heterocycles. The van der Waals surface area contributed by atoms with Crippen LogP contribution in [0.4, 0.5) is 17.5 Å². The summed E-state index contributed by atoms with van der Waals surface area (Å²) in [7, 11) is 3.67. The number of hydrogen-bond donors (Lipinski definition) is 3. The maximum Gasteiger partial charge on any atom is 0.236 e. The van der Waals surface area contributed by atoms with Crippen LogP contribution < -0.4 is 10.6 Å². The monoisotopic (exact) mass is 448 g/mol. The summed E-state index contributed by atoms with van der Waals surface area (Å²) in [5, 5.41) is 15.3. The molecule has 2 fully saturated rings. The van der Waals surface area contributed by atoms with Crippen LogP contribution in [0.2, 0.25) is 0 Å². The highest BCUT2D eigenvalue weighted by Crippen LogP contribution is 2.36. The Morgan fingerprint density at radius 2 is 2.00 bits per heavy atom. The quantitative estimate of drug-likeness (QED) is 0.532. The lowest BCUT2D eigenvalue weighted by molar-refractivity contribution is -0.132. The molecule has 0 saturated carbocycles. The zero-order valence-electron chi connectivity index (χ0n) is 19.5. The third-order valence-corrected chi connectivity index (χ3v) is 6.84. The zero-order chi connectivity index (χ0) is 22.9. The van der Waals surface area contributed by atoms with Crippen molar-refractivity contribution in [2.75, 3.05) is 31.3 Å². The van der Waals surface area contributed by atoms with Crippen molar-refractivity contribution in [3.05, 3.63) is 36.2 Å². The number of nitrogens with zero attached hydrogens (tertiary/aromatic N) is 5. The maximum atomic E-state index is 12.4. The Labute approximate surface area is 194 Å². The van der Waals surface area contributed by atoms with Gasteiger partial charge in [-0.15, -0.1) is 0 Å². The molecule has 174 valence electrons. The van der Waals surface area contributed by atoms with E-state index in [-0.39, 0.29) is 5.91 Å². The van der Waals surface area contributed by atoms with Crippen LogP contribution in [0.5, 0.6) is 0 Å². The van der Waals surface area contributed by atoms with E-state index in [1.165, 1.54) is 6.42 Å². The second-order valence-corrected chi connectivity index (χ2v) is 9.50. The van der Waals surface area contributed by atoms with Gasteiger partial charge < -0.3 is 15.5 Å². The van der Waals surface area contributed by atoms with Crippen LogP contribution in [0, 0.1) is 6.92 Å². The number of nitrogens with one attached hydrogen (secondary N) is 3. The molecule has 3 aromatic heterocycles. The molecule has 0 aromatic carbocycles. The fourth-order valence-corrected chi connectivity index (χ4v) is 5.21. The maximum absolute atomic E-state index is 12.4. The number of likely N-dealkylation sites (N-methyl/N-ethyl adjacent to an activating group) is 1. The molecule has 33 heavy (non-hydrogen) atoms. The van der Waals surface area contributed by atoms with Crippen molar-refractivity contribution in [1.82, 2.24) is 30.0 Å². The highest BCUT2D eigenvalue weighted by Gasteiger charge is 2.39. The first-order chi connectivity index (χ1) is 16.0. The fourth-order valence-electron chi connectivity index (χ4n) is 5.21. The van der Waals surface area contributed by atoms with Crippen molar-refractivity contribution in [3.63, 3.8) is 0 Å². The summed E-state index contributed by atoms with van der Waals surface area (Å²) in [4.78, 5) is 26.0. The Hall–Kier alpha value is -3.20. The van der Waals surface area contributed by atoms with E-state index in [1.54, 1.807) is 11.1 Å². The van der Waals surface area contributed by atoms with E-state index in [2.05, 4.69) is 36.8 Å². The lowest BCUT2D eigenvalue weighted by atomic mass is 9.81. The third kappa shape index (κ3) is 4.64. The first-order valence-electron chi connectivity index (χ1n) is 11.7. The van der Waals surface area contributed by atoms with E-state index in [0.717, 1.165) is 53.9 Å². The minimum absolute atomic E-state index is 0.185. The van der Waals surface area contributed by atoms with Gasteiger partial charge >= 0.3 is 0 Å². The number of aryl methyl sites for hydroxylation is 1. The second kappa shape index (κ2) is 8.97. The third-order valence-electron chi connectivity index (χ3n) is 6.84. The summed E-state index contributed by atoms with van der Waals surface area (Å²) in [5.41, 5.74) is 1.87. The standard InChI is InChI=1S/C24H32N8O/c1-15-10-22(30-29-15)27-21-13-20-19(8-5-9-25-20)24(28-21)26-16-11-17-6-4-7-18(12-16)32(17)14-23(33)31(2)3/h5,8-10,13,16-18H,4,6-7,11-12,14H2,1-3H3,(H3,26,27,28,29,30)/t16?,17-,18+. The normalized spacial score (nSPS) is 22.8. The van der Waals surface area contributed by atoms with Crippen molar-refractivity contribution in [2.45, 2.75) is 57.2 Å². The number of carbonyl (C=O) groups is 1. The Morgan fingerprint density at radius 3 is 2.70 bits per heavy atom. The minimum atomic E-state index is 0.185. The van der Waals surface area contributed by atoms with Crippen molar-refractivity contribution < 1.29 is 4.79 Å². The van der Waals surface area contributed by atoms with Crippen molar-refractivity contribution in [1.29, 1.82) is 0 Å². The SMILES string of the molecule is Cc1cc(Nc2cc3ncccc3c(NC3C[C@H]4CCC[C@@H](C3)N4CC(=O)N(C)C)n2)n[nH]1. The van der Waals surface area contributed by atoms with Gasteiger partial charge in [0.2, 0.25) is 5.91 Å². The zero-order valence-corrected chi connectivity index (χ0v) is 19.5. The smallest absolute Gasteiger partial charge is 0.236 e. The molecule has 0 spiro atoms. The largest absolute Gasteiger partial charge is 0.367 e. The topological polar surface area (TPSA) is 102 Å². The van der Waals surface area contributed by atoms with E-state index in [1.807, 2.05) is 39.2 Å². The van der Waals surface area contributed by atoms with Crippen LogP contribution >= 0.6 is 0 Å². The van der Waals surface area contributed by atoms with Crippen LogP contribution in [-0.2, 0) is 4.79 Å². The van der Waals surface area contributed by atoms with E-state index >= 15 is 0 Å². The predicted molar refractivity (Wildman–Crippen MR) is 130 cm³/mol. The van der Waals surface area contributed by atoms with Gasteiger partial charge in [0.25, 0.3) is 0 Å². The van der Waals surface area contributed by atoms with Gasteiger partial charge in [0, 0.05) is 61.6 Å². The Bertz CT molecular complexity index is 1130. The van der Waals surface area contributed by atoms with Crippen LogP contribution in [0.1, 0.15) is 37.8 Å². The van der Waals surface area contributed by atoms with Gasteiger partial charge in [-0.1, -0.05) is 6.42 Å². The van der Waals surface area contributed by atoms with E-state index in [9.17, 15) is 4.79 Å². The van der Waals surface area contributed by atoms with Gasteiger partial charge in [-0.05, 0) is 44.7 Å². The molecule has 3 atom stereocenters. The molecular formula is C24H32N8O. The molecule has 1 amide bonds. The number of fused-ring (bicyclic) bond motifs is 3. The molecule has 3 N–H and O–H groups in total. The molecule has 3 aromatic rings. The Kier molecular flexibility index (Phi) is 5.88. The van der Waals surface area contributed by atoms with Crippen molar-refractivity contribution >= 4 is 34.3 Å². The van der Waals surface area contributed by atoms with Gasteiger partial charge in [-0.25, -0.2) is 4.98 Å². The number of H-pyrrole nitrogens is 1. The summed E-state index contributed by atoms with van der Waals surface area (Å²) in [6.45, 7) is 2.48. The molecule has 2 aliphatic rings. The summed E-state index contributed by atoms with van der Waals surface area (Å²) in [5.74, 6) is 2.47. The summed E-state index contributed by atoms with van der Waals surface area (Å²) in [6, 6.07) is 9.08. The van der Waals surface area contributed by atoms with Gasteiger partial charge in [-0.2, -0.15) is 5.10 Å². The second-order valence-electron chi connectivity index (χ2n) is 9.50. The van der Waals surface area contributed by atoms with Crippen molar-refractivity contribution in [3.8, 4) is 0 Å². The van der Waals surface area contributed by atoms with Gasteiger partial charge in [0.1, 0.15) is 11.6 Å².